The molecule has 278 valence electrons. The van der Waals surface area contributed by atoms with E-state index in [2.05, 4.69) is 38.2 Å². The summed E-state index contributed by atoms with van der Waals surface area (Å²) in [5.41, 5.74) is 0. The Morgan fingerprint density at radius 1 is 0.542 bits per heavy atom. The molecule has 0 aliphatic rings. The molecule has 0 bridgehead atoms. The van der Waals surface area contributed by atoms with Crippen molar-refractivity contribution in [3.63, 3.8) is 0 Å². The molecule has 0 heterocycles. The van der Waals surface area contributed by atoms with Crippen molar-refractivity contribution in [2.24, 2.45) is 11.8 Å². The van der Waals surface area contributed by atoms with E-state index in [1.165, 1.54) is 25.7 Å². The summed E-state index contributed by atoms with van der Waals surface area (Å²) in [6, 6.07) is 0. The molecular formula is C40H70O8. The van der Waals surface area contributed by atoms with Gasteiger partial charge in [0.25, 0.3) is 0 Å². The van der Waals surface area contributed by atoms with Crippen LogP contribution in [0.1, 0.15) is 187 Å². The first-order valence-corrected chi connectivity index (χ1v) is 19.4. The Bertz CT molecular complexity index is 880. The van der Waals surface area contributed by atoms with Crippen molar-refractivity contribution >= 4 is 23.9 Å². The van der Waals surface area contributed by atoms with Crippen molar-refractivity contribution in [2.45, 2.75) is 193 Å². The largest absolute Gasteiger partial charge is 0.481 e. The summed E-state index contributed by atoms with van der Waals surface area (Å²) in [4.78, 5) is 47.2. The van der Waals surface area contributed by atoms with Crippen LogP contribution in [0, 0.1) is 11.8 Å². The summed E-state index contributed by atoms with van der Waals surface area (Å²) in [6.07, 6.45) is 31.4. The molecule has 0 saturated heterocycles. The number of carboxylic acids is 3. The van der Waals surface area contributed by atoms with E-state index >= 15 is 0 Å². The number of hydrogen-bond donors (Lipinski definition) is 3. The van der Waals surface area contributed by atoms with Gasteiger partial charge in [-0.15, -0.1) is 0 Å². The highest BCUT2D eigenvalue weighted by Crippen LogP contribution is 2.28. The zero-order valence-electron chi connectivity index (χ0n) is 30.5. The molecule has 0 aliphatic heterocycles. The molecule has 0 amide bonds. The molecule has 8 nitrogen and oxygen atoms in total. The second-order valence-electron chi connectivity index (χ2n) is 13.5. The Labute approximate surface area is 292 Å². The number of hydrogen-bond acceptors (Lipinski definition) is 5. The zero-order chi connectivity index (χ0) is 35.7. The maximum absolute atomic E-state index is 13.7. The average Bonchev–Trinajstić information content (AvgIpc) is 3.04. The number of allylic oxidation sites excluding steroid dienone is 3. The minimum atomic E-state index is -0.995. The number of aliphatic carboxylic acids is 3. The first-order valence-electron chi connectivity index (χ1n) is 19.4. The van der Waals surface area contributed by atoms with Gasteiger partial charge in [0.2, 0.25) is 0 Å². The summed E-state index contributed by atoms with van der Waals surface area (Å²) in [5.74, 6) is -3.87. The van der Waals surface area contributed by atoms with E-state index in [9.17, 15) is 24.3 Å². The molecule has 3 N–H and O–H groups in total. The fraction of sp³-hybridized carbons (Fsp3) is 0.800. The van der Waals surface area contributed by atoms with Crippen LogP contribution in [0.25, 0.3) is 0 Å². The third-order valence-electron chi connectivity index (χ3n) is 8.99. The fourth-order valence-electron chi connectivity index (χ4n) is 6.06. The molecule has 0 aromatic carbocycles. The lowest BCUT2D eigenvalue weighted by atomic mass is 9.84. The Kier molecular flexibility index (Phi) is 31.1. The summed E-state index contributed by atoms with van der Waals surface area (Å²) in [5, 5.41) is 27.5. The Morgan fingerprint density at radius 2 is 1.02 bits per heavy atom. The van der Waals surface area contributed by atoms with Crippen LogP contribution in [0.15, 0.2) is 24.3 Å². The summed E-state index contributed by atoms with van der Waals surface area (Å²) in [7, 11) is 0. The third-order valence-corrected chi connectivity index (χ3v) is 8.99. The minimum absolute atomic E-state index is 0.182. The molecule has 0 aromatic rings. The van der Waals surface area contributed by atoms with Crippen molar-refractivity contribution in [1.29, 1.82) is 0 Å². The van der Waals surface area contributed by atoms with E-state index in [-0.39, 0.29) is 31.3 Å². The van der Waals surface area contributed by atoms with Gasteiger partial charge >= 0.3 is 23.9 Å². The third kappa shape index (κ3) is 29.5. The summed E-state index contributed by atoms with van der Waals surface area (Å²) < 4.78 is 6.13. The standard InChI is InChI=1S/C40H70O8/c1-3-5-7-9-12-16-21-27-34(28-22-17-15-20-26-32-38(43)44)36(33-39(45)46)40(47)48-35(29-23-8-6-4-2)30-24-18-13-10-11-14-19-25-31-37(41)42/h18,21,24,27,34-36H,3-17,19-20,22-23,25-26,28-33H2,1-2H3,(H,41,42)(H,43,44)(H,45,46). The van der Waals surface area contributed by atoms with Gasteiger partial charge in [-0.05, 0) is 63.7 Å². The maximum atomic E-state index is 13.7. The van der Waals surface area contributed by atoms with Crippen molar-refractivity contribution in [3.05, 3.63) is 24.3 Å². The lowest BCUT2D eigenvalue weighted by Gasteiger charge is -2.25. The molecule has 8 heteroatoms. The normalized spacial score (nSPS) is 13.5. The van der Waals surface area contributed by atoms with E-state index in [0.29, 0.717) is 19.3 Å². The number of ether oxygens (including phenoxy) is 1. The predicted octanol–water partition coefficient (Wildman–Crippen LogP) is 11.1. The van der Waals surface area contributed by atoms with Gasteiger partial charge in [0.05, 0.1) is 12.3 Å². The predicted molar refractivity (Wildman–Crippen MR) is 194 cm³/mol. The van der Waals surface area contributed by atoms with E-state index in [1.807, 2.05) is 0 Å². The van der Waals surface area contributed by atoms with E-state index in [1.54, 1.807) is 0 Å². The quantitative estimate of drug-likeness (QED) is 0.0342. The maximum Gasteiger partial charge on any atom is 0.310 e. The minimum Gasteiger partial charge on any atom is -0.481 e. The highest BCUT2D eigenvalue weighted by atomic mass is 16.5. The van der Waals surface area contributed by atoms with Gasteiger partial charge in [0.15, 0.2) is 0 Å². The number of rotatable bonds is 35. The van der Waals surface area contributed by atoms with Gasteiger partial charge < -0.3 is 20.1 Å². The fourth-order valence-corrected chi connectivity index (χ4v) is 6.06. The Morgan fingerprint density at radius 3 is 1.58 bits per heavy atom. The van der Waals surface area contributed by atoms with Crippen LogP contribution >= 0.6 is 0 Å². The lowest BCUT2D eigenvalue weighted by molar-refractivity contribution is -0.159. The van der Waals surface area contributed by atoms with Crippen LogP contribution in [0.3, 0.4) is 0 Å². The molecule has 0 saturated carbocycles. The van der Waals surface area contributed by atoms with Crippen molar-refractivity contribution < 1.29 is 39.2 Å². The Hall–Kier alpha value is -2.64. The molecular weight excluding hydrogens is 608 g/mol. The number of esters is 1. The number of unbranched alkanes of at least 4 members (excludes halogenated alkanes) is 17. The van der Waals surface area contributed by atoms with Gasteiger partial charge in [-0.1, -0.05) is 128 Å². The molecule has 0 radical (unpaired) electrons. The van der Waals surface area contributed by atoms with Crippen LogP contribution in [0.2, 0.25) is 0 Å². The summed E-state index contributed by atoms with van der Waals surface area (Å²) >= 11 is 0. The second-order valence-corrected chi connectivity index (χ2v) is 13.5. The van der Waals surface area contributed by atoms with Crippen LogP contribution in [-0.2, 0) is 23.9 Å². The zero-order valence-corrected chi connectivity index (χ0v) is 30.5. The SMILES string of the molecule is CCCCCCCC=CC(CCCCCCCC(=O)O)C(CC(=O)O)C(=O)OC(CC=CCCCCCCCC(=O)O)CCCCCC. The van der Waals surface area contributed by atoms with Crippen LogP contribution in [0.4, 0.5) is 0 Å². The van der Waals surface area contributed by atoms with E-state index in [0.717, 1.165) is 109 Å². The van der Waals surface area contributed by atoms with Crippen molar-refractivity contribution in [3.8, 4) is 0 Å². The smallest absolute Gasteiger partial charge is 0.310 e. The van der Waals surface area contributed by atoms with E-state index < -0.39 is 29.8 Å². The molecule has 0 rings (SSSR count). The highest BCUT2D eigenvalue weighted by molar-refractivity contribution is 5.79. The molecule has 48 heavy (non-hydrogen) atoms. The molecule has 3 atom stereocenters. The van der Waals surface area contributed by atoms with Gasteiger partial charge in [0, 0.05) is 19.3 Å². The Balaban J connectivity index is 5.38. The number of carboxylic acid groups (broad SMARTS) is 3. The lowest BCUT2D eigenvalue weighted by Crippen LogP contribution is -2.31. The average molecular weight is 679 g/mol. The van der Waals surface area contributed by atoms with Crippen LogP contribution < -0.4 is 0 Å². The van der Waals surface area contributed by atoms with Gasteiger partial charge in [-0.3, -0.25) is 19.2 Å². The molecule has 0 aliphatic carbocycles. The van der Waals surface area contributed by atoms with Crippen molar-refractivity contribution in [1.82, 2.24) is 0 Å². The number of carbonyl (C=O) groups is 4. The molecule has 0 aromatic heterocycles. The highest BCUT2D eigenvalue weighted by Gasteiger charge is 2.31. The molecule has 0 spiro atoms. The second kappa shape index (κ2) is 32.9. The topological polar surface area (TPSA) is 138 Å². The van der Waals surface area contributed by atoms with Crippen LogP contribution in [0.5, 0.6) is 0 Å². The first-order chi connectivity index (χ1) is 23.2. The monoisotopic (exact) mass is 679 g/mol. The summed E-state index contributed by atoms with van der Waals surface area (Å²) in [6.45, 7) is 4.36. The first kappa shape index (κ1) is 45.4. The molecule has 0 fully saturated rings. The van der Waals surface area contributed by atoms with Gasteiger partial charge in [-0.2, -0.15) is 0 Å². The van der Waals surface area contributed by atoms with E-state index in [4.69, 9.17) is 14.9 Å². The number of carbonyl (C=O) groups excluding carboxylic acids is 1. The van der Waals surface area contributed by atoms with Gasteiger partial charge in [0.1, 0.15) is 6.10 Å². The van der Waals surface area contributed by atoms with Crippen molar-refractivity contribution in [2.75, 3.05) is 0 Å². The van der Waals surface area contributed by atoms with Crippen LogP contribution in [-0.4, -0.2) is 45.3 Å². The molecule has 3 unspecified atom stereocenters. The van der Waals surface area contributed by atoms with Gasteiger partial charge in [-0.25, -0.2) is 0 Å².